The molecule has 0 saturated carbocycles. The van der Waals surface area contributed by atoms with Gasteiger partial charge in [-0.25, -0.2) is 9.37 Å². The number of benzene rings is 1. The van der Waals surface area contributed by atoms with Gasteiger partial charge in [-0.2, -0.15) is 5.26 Å². The summed E-state index contributed by atoms with van der Waals surface area (Å²) in [5.41, 5.74) is -1.88. The van der Waals surface area contributed by atoms with Gasteiger partial charge in [0.25, 0.3) is 0 Å². The number of phenolic OH excluding ortho intramolecular Hbond substituents is 1. The van der Waals surface area contributed by atoms with E-state index in [0.29, 0.717) is 6.07 Å². The van der Waals surface area contributed by atoms with Crippen molar-refractivity contribution in [3.8, 4) is 17.6 Å². The van der Waals surface area contributed by atoms with Crippen molar-refractivity contribution in [3.05, 3.63) is 53.1 Å². The van der Waals surface area contributed by atoms with Crippen molar-refractivity contribution in [3.63, 3.8) is 0 Å². The molecule has 0 saturated heterocycles. The summed E-state index contributed by atoms with van der Waals surface area (Å²) in [7, 11) is 0. The maximum Gasteiger partial charge on any atom is 0.236 e. The van der Waals surface area contributed by atoms with Gasteiger partial charge in [-0.3, -0.25) is 4.79 Å². The van der Waals surface area contributed by atoms with Gasteiger partial charge in [0, 0.05) is 17.7 Å². The number of carbonyl (C=O) groups is 1. The van der Waals surface area contributed by atoms with E-state index in [1.807, 2.05) is 41.5 Å². The summed E-state index contributed by atoms with van der Waals surface area (Å²) in [5.74, 6) is -1.97. The number of ketones is 1. The van der Waals surface area contributed by atoms with Crippen LogP contribution in [0.3, 0.4) is 0 Å². The van der Waals surface area contributed by atoms with Crippen LogP contribution < -0.4 is 4.74 Å². The minimum atomic E-state index is -0.925. The fraction of sp³-hybridized carbons (Fsp3) is 0.364. The van der Waals surface area contributed by atoms with Crippen LogP contribution in [0.4, 0.5) is 4.39 Å². The first-order chi connectivity index (χ1) is 13.8. The van der Waals surface area contributed by atoms with E-state index in [1.165, 1.54) is 12.3 Å². The standard InChI is InChI=1S/C22H24FN3O4/c1-21(2,3)20(26-30-22(4,5)6)29-17-8-7-9-25-18(17)19(28)14-10-13(12-24)15(23)11-16(14)27/h7-11,27H,1-6H3. The highest BCUT2D eigenvalue weighted by Crippen LogP contribution is 2.29. The number of aromatic hydroxyl groups is 1. The summed E-state index contributed by atoms with van der Waals surface area (Å²) >= 11 is 0. The number of oxime groups is 1. The van der Waals surface area contributed by atoms with E-state index in [1.54, 1.807) is 12.1 Å². The van der Waals surface area contributed by atoms with Crippen LogP contribution in [0, 0.1) is 22.6 Å². The number of pyridine rings is 1. The zero-order chi connectivity index (χ0) is 22.7. The van der Waals surface area contributed by atoms with Gasteiger partial charge in [0.05, 0.1) is 11.1 Å². The second-order valence-electron chi connectivity index (χ2n) is 8.59. The molecule has 0 aliphatic rings. The Labute approximate surface area is 174 Å². The molecule has 0 fully saturated rings. The maximum atomic E-state index is 13.7. The van der Waals surface area contributed by atoms with Crippen LogP contribution >= 0.6 is 0 Å². The quantitative estimate of drug-likeness (QED) is 0.340. The van der Waals surface area contributed by atoms with Crippen molar-refractivity contribution in [2.75, 3.05) is 0 Å². The minimum absolute atomic E-state index is 0.0796. The second-order valence-corrected chi connectivity index (χ2v) is 8.59. The van der Waals surface area contributed by atoms with E-state index < -0.39 is 28.4 Å². The predicted octanol–water partition coefficient (Wildman–Crippen LogP) is 4.58. The Morgan fingerprint density at radius 3 is 2.47 bits per heavy atom. The van der Waals surface area contributed by atoms with Crippen LogP contribution in [0.25, 0.3) is 0 Å². The lowest BCUT2D eigenvalue weighted by molar-refractivity contribution is -0.00380. The molecule has 2 rings (SSSR count). The Bertz CT molecular complexity index is 1030. The van der Waals surface area contributed by atoms with Crippen LogP contribution in [0.5, 0.6) is 11.5 Å². The number of rotatable bonds is 4. The fourth-order valence-electron chi connectivity index (χ4n) is 2.19. The third-order valence-corrected chi connectivity index (χ3v) is 3.69. The molecule has 1 N–H and O–H groups in total. The van der Waals surface area contributed by atoms with Crippen molar-refractivity contribution < 1.29 is 23.9 Å². The second kappa shape index (κ2) is 8.49. The summed E-state index contributed by atoms with van der Waals surface area (Å²) in [6.45, 7) is 11.1. The number of hydrogen-bond acceptors (Lipinski definition) is 7. The Morgan fingerprint density at radius 1 is 1.23 bits per heavy atom. The van der Waals surface area contributed by atoms with Gasteiger partial charge in [-0.1, -0.05) is 25.9 Å². The highest BCUT2D eigenvalue weighted by atomic mass is 19.1. The molecule has 1 heterocycles. The lowest BCUT2D eigenvalue weighted by atomic mass is 9.96. The van der Waals surface area contributed by atoms with Gasteiger partial charge < -0.3 is 14.7 Å². The molecule has 0 atom stereocenters. The normalized spacial score (nSPS) is 12.3. The molecule has 1 aromatic heterocycles. The monoisotopic (exact) mass is 413 g/mol. The van der Waals surface area contributed by atoms with Crippen LogP contribution in [-0.2, 0) is 4.84 Å². The molecule has 0 amide bonds. The van der Waals surface area contributed by atoms with Crippen molar-refractivity contribution in [2.24, 2.45) is 10.6 Å². The van der Waals surface area contributed by atoms with Crippen molar-refractivity contribution in [1.29, 1.82) is 5.26 Å². The number of halogens is 1. The van der Waals surface area contributed by atoms with Crippen molar-refractivity contribution >= 4 is 11.7 Å². The molecular formula is C22H24FN3O4. The third kappa shape index (κ3) is 5.54. The first-order valence-corrected chi connectivity index (χ1v) is 9.20. The number of carbonyl (C=O) groups excluding carboxylic acids is 1. The fourth-order valence-corrected chi connectivity index (χ4v) is 2.19. The lowest BCUT2D eigenvalue weighted by Gasteiger charge is -2.24. The first kappa shape index (κ1) is 22.8. The zero-order valence-electron chi connectivity index (χ0n) is 17.8. The third-order valence-electron chi connectivity index (χ3n) is 3.69. The minimum Gasteiger partial charge on any atom is -0.507 e. The molecular weight excluding hydrogens is 389 g/mol. The van der Waals surface area contributed by atoms with E-state index in [-0.39, 0.29) is 28.5 Å². The van der Waals surface area contributed by atoms with Gasteiger partial charge in [0.2, 0.25) is 11.7 Å². The molecule has 0 unspecified atom stereocenters. The molecule has 0 aliphatic heterocycles. The topological polar surface area (TPSA) is 105 Å². The summed E-state index contributed by atoms with van der Waals surface area (Å²) in [5, 5.41) is 23.2. The number of ether oxygens (including phenoxy) is 1. The summed E-state index contributed by atoms with van der Waals surface area (Å²) in [6, 6.07) is 6.43. The summed E-state index contributed by atoms with van der Waals surface area (Å²) < 4.78 is 19.6. The largest absolute Gasteiger partial charge is 0.507 e. The number of phenols is 1. The maximum absolute atomic E-state index is 13.7. The highest BCUT2D eigenvalue weighted by molar-refractivity contribution is 6.11. The molecule has 0 bridgehead atoms. The van der Waals surface area contributed by atoms with E-state index in [4.69, 9.17) is 14.8 Å². The van der Waals surface area contributed by atoms with Crippen LogP contribution in [0.2, 0.25) is 0 Å². The van der Waals surface area contributed by atoms with Crippen LogP contribution in [0.1, 0.15) is 63.2 Å². The van der Waals surface area contributed by atoms with Gasteiger partial charge in [0.15, 0.2) is 11.4 Å². The predicted molar refractivity (Wildman–Crippen MR) is 109 cm³/mol. The molecule has 30 heavy (non-hydrogen) atoms. The van der Waals surface area contributed by atoms with Crippen LogP contribution in [-0.4, -0.2) is 27.4 Å². The molecule has 7 nitrogen and oxygen atoms in total. The smallest absolute Gasteiger partial charge is 0.236 e. The Kier molecular flexibility index (Phi) is 6.46. The number of nitrogens with zero attached hydrogens (tertiary/aromatic N) is 3. The zero-order valence-corrected chi connectivity index (χ0v) is 17.8. The van der Waals surface area contributed by atoms with Gasteiger partial charge in [-0.05, 0) is 39.0 Å². The Balaban J connectivity index is 2.50. The molecule has 0 spiro atoms. The van der Waals surface area contributed by atoms with Crippen LogP contribution in [0.15, 0.2) is 35.6 Å². The van der Waals surface area contributed by atoms with Crippen molar-refractivity contribution in [1.82, 2.24) is 4.98 Å². The molecule has 0 radical (unpaired) electrons. The van der Waals surface area contributed by atoms with E-state index in [9.17, 15) is 14.3 Å². The van der Waals surface area contributed by atoms with Gasteiger partial charge in [0.1, 0.15) is 23.2 Å². The van der Waals surface area contributed by atoms with Crippen molar-refractivity contribution in [2.45, 2.75) is 47.1 Å². The van der Waals surface area contributed by atoms with Gasteiger partial charge in [-0.15, -0.1) is 0 Å². The van der Waals surface area contributed by atoms with E-state index in [2.05, 4.69) is 10.1 Å². The number of hydrogen-bond donors (Lipinski definition) is 1. The molecule has 2 aromatic rings. The van der Waals surface area contributed by atoms with Gasteiger partial charge >= 0.3 is 0 Å². The molecule has 158 valence electrons. The Hall–Kier alpha value is -3.47. The number of aromatic nitrogens is 1. The summed E-state index contributed by atoms with van der Waals surface area (Å²) in [6.07, 6.45) is 1.38. The first-order valence-electron chi connectivity index (χ1n) is 9.20. The molecule has 8 heteroatoms. The molecule has 0 aliphatic carbocycles. The Morgan fingerprint density at radius 2 is 1.90 bits per heavy atom. The average molecular weight is 413 g/mol. The summed E-state index contributed by atoms with van der Waals surface area (Å²) in [4.78, 5) is 22.5. The SMILES string of the molecule is CC(C)(C)ON=C(Oc1cccnc1C(=O)c1cc(C#N)c(F)cc1O)C(C)(C)C. The highest BCUT2D eigenvalue weighted by Gasteiger charge is 2.28. The lowest BCUT2D eigenvalue weighted by Crippen LogP contribution is -2.29. The molecule has 1 aromatic carbocycles. The average Bonchev–Trinajstić information content (AvgIpc) is 2.63. The van der Waals surface area contributed by atoms with E-state index >= 15 is 0 Å². The number of nitriles is 1. The van der Waals surface area contributed by atoms with E-state index in [0.717, 1.165) is 6.07 Å².